The second kappa shape index (κ2) is 5.52. The number of benzene rings is 2. The van der Waals surface area contributed by atoms with Crippen LogP contribution in [0.3, 0.4) is 0 Å². The zero-order valence-electron chi connectivity index (χ0n) is 12.2. The van der Waals surface area contributed by atoms with Crippen LogP contribution in [0.25, 0.3) is 11.1 Å². The average Bonchev–Trinajstić information content (AvgIpc) is 2.92. The summed E-state index contributed by atoms with van der Waals surface area (Å²) in [6.07, 6.45) is 2.42. The zero-order chi connectivity index (χ0) is 15.8. The van der Waals surface area contributed by atoms with Gasteiger partial charge in [0, 0.05) is 17.4 Å². The van der Waals surface area contributed by atoms with E-state index in [4.69, 9.17) is 11.6 Å². The van der Waals surface area contributed by atoms with Crippen molar-refractivity contribution in [1.29, 1.82) is 0 Å². The number of nitrogens with zero attached hydrogens (tertiary/aromatic N) is 1. The van der Waals surface area contributed by atoms with E-state index in [9.17, 15) is 4.79 Å². The van der Waals surface area contributed by atoms with Crippen molar-refractivity contribution in [2.24, 2.45) is 0 Å². The van der Waals surface area contributed by atoms with Gasteiger partial charge in [-0.2, -0.15) is 0 Å². The molecular formula is C19H13ClN2O. The molecular weight excluding hydrogens is 308 g/mol. The van der Waals surface area contributed by atoms with Gasteiger partial charge < -0.3 is 5.32 Å². The number of hydrogen-bond donors (Lipinski definition) is 1. The largest absolute Gasteiger partial charge is 0.322 e. The van der Waals surface area contributed by atoms with Gasteiger partial charge in [-0.1, -0.05) is 41.9 Å². The number of nitrogens with one attached hydrogen (secondary N) is 1. The van der Waals surface area contributed by atoms with Crippen LogP contribution in [0.1, 0.15) is 21.5 Å². The van der Waals surface area contributed by atoms with Crippen molar-refractivity contribution >= 4 is 23.2 Å². The molecule has 23 heavy (non-hydrogen) atoms. The predicted molar refractivity (Wildman–Crippen MR) is 91.9 cm³/mol. The van der Waals surface area contributed by atoms with Crippen molar-refractivity contribution < 1.29 is 4.79 Å². The number of carbonyl (C=O) groups is 1. The molecule has 0 saturated heterocycles. The number of pyridine rings is 1. The van der Waals surface area contributed by atoms with E-state index < -0.39 is 0 Å². The van der Waals surface area contributed by atoms with E-state index >= 15 is 0 Å². The van der Waals surface area contributed by atoms with Gasteiger partial charge in [0.05, 0.1) is 0 Å². The summed E-state index contributed by atoms with van der Waals surface area (Å²) >= 11 is 5.83. The number of aromatic nitrogens is 1. The fourth-order valence-electron chi connectivity index (χ4n) is 2.97. The molecule has 0 spiro atoms. The smallest absolute Gasteiger partial charge is 0.255 e. The van der Waals surface area contributed by atoms with Gasteiger partial charge >= 0.3 is 0 Å². The normalized spacial score (nSPS) is 11.7. The Kier molecular flexibility index (Phi) is 3.36. The molecule has 4 heteroatoms. The number of hydrogen-bond acceptors (Lipinski definition) is 2. The molecule has 1 aromatic heterocycles. The van der Waals surface area contributed by atoms with Gasteiger partial charge in [-0.3, -0.25) is 4.79 Å². The first-order valence-electron chi connectivity index (χ1n) is 7.35. The molecule has 1 aliphatic rings. The van der Waals surface area contributed by atoms with E-state index in [0.717, 1.165) is 12.1 Å². The van der Waals surface area contributed by atoms with Gasteiger partial charge in [0.2, 0.25) is 0 Å². The van der Waals surface area contributed by atoms with Crippen LogP contribution in [-0.2, 0) is 6.42 Å². The van der Waals surface area contributed by atoms with Crippen LogP contribution in [-0.4, -0.2) is 10.9 Å². The Morgan fingerprint density at radius 3 is 2.70 bits per heavy atom. The fraction of sp³-hybridized carbons (Fsp3) is 0.0526. The Labute approximate surface area is 139 Å². The first kappa shape index (κ1) is 14.0. The monoisotopic (exact) mass is 320 g/mol. The lowest BCUT2D eigenvalue weighted by Gasteiger charge is -2.08. The molecule has 3 aromatic rings. The SMILES string of the molecule is O=C(Nc1ccc2c(c1)Cc1ccccc1-2)c1ccnc(Cl)c1. The molecule has 0 unspecified atom stereocenters. The highest BCUT2D eigenvalue weighted by atomic mass is 35.5. The molecule has 1 heterocycles. The minimum atomic E-state index is -0.190. The molecule has 2 aromatic carbocycles. The first-order valence-corrected chi connectivity index (χ1v) is 7.72. The summed E-state index contributed by atoms with van der Waals surface area (Å²) in [6, 6.07) is 17.6. The number of rotatable bonds is 2. The second-order valence-electron chi connectivity index (χ2n) is 5.53. The molecule has 112 valence electrons. The van der Waals surface area contributed by atoms with Gasteiger partial charge in [-0.25, -0.2) is 4.98 Å². The van der Waals surface area contributed by atoms with Gasteiger partial charge in [0.1, 0.15) is 5.15 Å². The Morgan fingerprint density at radius 1 is 1.00 bits per heavy atom. The van der Waals surface area contributed by atoms with Crippen LogP contribution >= 0.6 is 11.6 Å². The standard InChI is InChI=1S/C19H13ClN2O/c20-18-11-13(7-8-21-18)19(23)22-15-5-6-17-14(10-15)9-12-3-1-2-4-16(12)17/h1-8,10-11H,9H2,(H,22,23). The molecule has 3 nitrogen and oxygen atoms in total. The highest BCUT2D eigenvalue weighted by Crippen LogP contribution is 2.37. The van der Waals surface area contributed by atoms with Crippen molar-refractivity contribution in [3.63, 3.8) is 0 Å². The molecule has 0 saturated carbocycles. The molecule has 1 amide bonds. The first-order chi connectivity index (χ1) is 11.2. The van der Waals surface area contributed by atoms with Crippen molar-refractivity contribution in [3.05, 3.63) is 82.6 Å². The van der Waals surface area contributed by atoms with E-state index in [0.29, 0.717) is 10.7 Å². The number of anilines is 1. The Hall–Kier alpha value is -2.65. The van der Waals surface area contributed by atoms with Gasteiger partial charge in [-0.05, 0) is 52.9 Å². The Morgan fingerprint density at radius 2 is 1.83 bits per heavy atom. The fourth-order valence-corrected chi connectivity index (χ4v) is 3.14. The molecule has 0 aliphatic heterocycles. The quantitative estimate of drug-likeness (QED) is 0.550. The molecule has 0 bridgehead atoms. The molecule has 4 rings (SSSR count). The third kappa shape index (κ3) is 2.60. The Balaban J connectivity index is 1.60. The van der Waals surface area contributed by atoms with E-state index in [-0.39, 0.29) is 5.91 Å². The Bertz CT molecular complexity index is 921. The third-order valence-electron chi connectivity index (χ3n) is 4.04. The number of carbonyl (C=O) groups excluding carboxylic acids is 1. The van der Waals surface area contributed by atoms with Gasteiger partial charge in [0.25, 0.3) is 5.91 Å². The summed E-state index contributed by atoms with van der Waals surface area (Å²) < 4.78 is 0. The lowest BCUT2D eigenvalue weighted by atomic mass is 10.1. The van der Waals surface area contributed by atoms with E-state index in [1.54, 1.807) is 12.1 Å². The summed E-state index contributed by atoms with van der Waals surface area (Å²) in [4.78, 5) is 16.2. The highest BCUT2D eigenvalue weighted by molar-refractivity contribution is 6.29. The van der Waals surface area contributed by atoms with Crippen LogP contribution in [0.5, 0.6) is 0 Å². The van der Waals surface area contributed by atoms with E-state index in [1.165, 1.54) is 28.5 Å². The molecule has 1 N–H and O–H groups in total. The third-order valence-corrected chi connectivity index (χ3v) is 4.25. The highest BCUT2D eigenvalue weighted by Gasteiger charge is 2.18. The summed E-state index contributed by atoms with van der Waals surface area (Å²) in [5.74, 6) is -0.190. The summed E-state index contributed by atoms with van der Waals surface area (Å²) in [5, 5.41) is 3.22. The van der Waals surface area contributed by atoms with Crippen LogP contribution < -0.4 is 5.32 Å². The summed E-state index contributed by atoms with van der Waals surface area (Å²) in [6.45, 7) is 0. The number of amides is 1. The predicted octanol–water partition coefficient (Wildman–Crippen LogP) is 4.56. The topological polar surface area (TPSA) is 42.0 Å². The van der Waals surface area contributed by atoms with E-state index in [2.05, 4.69) is 40.6 Å². The van der Waals surface area contributed by atoms with Crippen LogP contribution in [0.4, 0.5) is 5.69 Å². The van der Waals surface area contributed by atoms with Crippen molar-refractivity contribution in [1.82, 2.24) is 4.98 Å². The van der Waals surface area contributed by atoms with E-state index in [1.807, 2.05) is 12.1 Å². The van der Waals surface area contributed by atoms with Gasteiger partial charge in [0.15, 0.2) is 0 Å². The minimum absolute atomic E-state index is 0.190. The summed E-state index contributed by atoms with van der Waals surface area (Å²) in [5.41, 5.74) is 6.36. The maximum atomic E-state index is 12.3. The number of fused-ring (bicyclic) bond motifs is 3. The lowest BCUT2D eigenvalue weighted by molar-refractivity contribution is 0.102. The van der Waals surface area contributed by atoms with Crippen LogP contribution in [0.2, 0.25) is 5.15 Å². The maximum absolute atomic E-state index is 12.3. The van der Waals surface area contributed by atoms with Crippen LogP contribution in [0, 0.1) is 0 Å². The van der Waals surface area contributed by atoms with Crippen molar-refractivity contribution in [3.8, 4) is 11.1 Å². The molecule has 0 radical (unpaired) electrons. The molecule has 1 aliphatic carbocycles. The molecule has 0 fully saturated rings. The zero-order valence-corrected chi connectivity index (χ0v) is 13.0. The van der Waals surface area contributed by atoms with Crippen LogP contribution in [0.15, 0.2) is 60.8 Å². The lowest BCUT2D eigenvalue weighted by Crippen LogP contribution is -2.12. The minimum Gasteiger partial charge on any atom is -0.322 e. The summed E-state index contributed by atoms with van der Waals surface area (Å²) in [7, 11) is 0. The van der Waals surface area contributed by atoms with Crippen molar-refractivity contribution in [2.75, 3.05) is 5.32 Å². The van der Waals surface area contributed by atoms with Crippen molar-refractivity contribution in [2.45, 2.75) is 6.42 Å². The maximum Gasteiger partial charge on any atom is 0.255 e. The number of halogens is 1. The second-order valence-corrected chi connectivity index (χ2v) is 5.91. The van der Waals surface area contributed by atoms with Gasteiger partial charge in [-0.15, -0.1) is 0 Å². The average molecular weight is 321 g/mol. The molecule has 0 atom stereocenters.